The van der Waals surface area contributed by atoms with Crippen LogP contribution in [-0.2, 0) is 0 Å². The predicted octanol–water partition coefficient (Wildman–Crippen LogP) is 2.25. The van der Waals surface area contributed by atoms with Crippen LogP contribution in [0.5, 0.6) is 0 Å². The highest BCUT2D eigenvalue weighted by molar-refractivity contribution is 5.78. The van der Waals surface area contributed by atoms with Gasteiger partial charge in [0.15, 0.2) is 0 Å². The molecule has 0 radical (unpaired) electrons. The minimum absolute atomic E-state index is 1.02. The lowest BCUT2D eigenvalue weighted by Gasteiger charge is -2.00. The van der Waals surface area contributed by atoms with E-state index in [1.807, 2.05) is 19.2 Å². The van der Waals surface area contributed by atoms with Crippen molar-refractivity contribution in [1.82, 2.24) is 9.97 Å². The zero-order chi connectivity index (χ0) is 8.55. The van der Waals surface area contributed by atoms with Gasteiger partial charge in [0, 0.05) is 23.5 Å². The van der Waals surface area contributed by atoms with E-state index in [9.17, 15) is 0 Å². The minimum Gasteiger partial charge on any atom is -0.264 e. The van der Waals surface area contributed by atoms with Crippen molar-refractivity contribution < 1.29 is 0 Å². The Morgan fingerprint density at radius 2 is 2.08 bits per heavy atom. The summed E-state index contributed by atoms with van der Waals surface area (Å²) >= 11 is 0. The molecule has 2 heteroatoms. The molecule has 2 aromatic rings. The van der Waals surface area contributed by atoms with Crippen molar-refractivity contribution in [3.05, 3.63) is 35.8 Å². The molecule has 0 aliphatic heterocycles. The molecular formula is C10H10N2. The molecule has 0 amide bonds. The molecule has 2 rings (SSSR count). The fraction of sp³-hybridized carbons (Fsp3) is 0.200. The highest BCUT2D eigenvalue weighted by Crippen LogP contribution is 2.13. The Bertz CT molecular complexity index is 381. The van der Waals surface area contributed by atoms with Crippen LogP contribution >= 0.6 is 0 Å². The molecule has 0 aliphatic rings. The first-order chi connectivity index (χ1) is 5.77. The maximum absolute atomic E-state index is 4.44. The number of rotatable bonds is 0. The van der Waals surface area contributed by atoms with Crippen molar-refractivity contribution in [3.63, 3.8) is 0 Å². The summed E-state index contributed by atoms with van der Waals surface area (Å²) in [7, 11) is 0. The van der Waals surface area contributed by atoms with Gasteiger partial charge in [-0.2, -0.15) is 0 Å². The lowest BCUT2D eigenvalue weighted by molar-refractivity contribution is 1.19. The Kier molecular flexibility index (Phi) is 1.54. The SMILES string of the molecule is Cc1cc2cnccc2nc1C. The summed E-state index contributed by atoms with van der Waals surface area (Å²) in [5.41, 5.74) is 3.33. The van der Waals surface area contributed by atoms with Crippen LogP contribution in [-0.4, -0.2) is 9.97 Å². The second kappa shape index (κ2) is 2.55. The average Bonchev–Trinajstić information content (AvgIpc) is 2.07. The van der Waals surface area contributed by atoms with Gasteiger partial charge < -0.3 is 0 Å². The largest absolute Gasteiger partial charge is 0.264 e. The zero-order valence-electron chi connectivity index (χ0n) is 7.20. The van der Waals surface area contributed by atoms with Crippen LogP contribution in [0.3, 0.4) is 0 Å². The first kappa shape index (κ1) is 7.22. The minimum atomic E-state index is 1.02. The van der Waals surface area contributed by atoms with Gasteiger partial charge in [0.05, 0.1) is 5.52 Å². The van der Waals surface area contributed by atoms with Gasteiger partial charge in [-0.1, -0.05) is 0 Å². The number of fused-ring (bicyclic) bond motifs is 1. The van der Waals surface area contributed by atoms with Crippen LogP contribution in [0, 0.1) is 13.8 Å². The molecule has 0 unspecified atom stereocenters. The van der Waals surface area contributed by atoms with Crippen molar-refractivity contribution in [3.8, 4) is 0 Å². The third-order valence-corrected chi connectivity index (χ3v) is 2.06. The van der Waals surface area contributed by atoms with E-state index in [0.717, 1.165) is 16.6 Å². The molecule has 0 spiro atoms. The Hall–Kier alpha value is -1.44. The van der Waals surface area contributed by atoms with Crippen LogP contribution in [0.15, 0.2) is 24.5 Å². The molecule has 2 nitrogen and oxygen atoms in total. The number of aromatic nitrogens is 2. The van der Waals surface area contributed by atoms with E-state index in [0.29, 0.717) is 0 Å². The van der Waals surface area contributed by atoms with E-state index in [4.69, 9.17) is 0 Å². The van der Waals surface area contributed by atoms with Crippen molar-refractivity contribution in [1.29, 1.82) is 0 Å². The molecule has 12 heavy (non-hydrogen) atoms. The van der Waals surface area contributed by atoms with Crippen LogP contribution in [0.1, 0.15) is 11.3 Å². The monoisotopic (exact) mass is 158 g/mol. The first-order valence-electron chi connectivity index (χ1n) is 3.95. The number of hydrogen-bond donors (Lipinski definition) is 0. The summed E-state index contributed by atoms with van der Waals surface area (Å²) in [6.45, 7) is 4.09. The smallest absolute Gasteiger partial charge is 0.0736 e. The van der Waals surface area contributed by atoms with E-state index in [1.54, 1.807) is 6.20 Å². The molecular weight excluding hydrogens is 148 g/mol. The maximum Gasteiger partial charge on any atom is 0.0736 e. The van der Waals surface area contributed by atoms with E-state index >= 15 is 0 Å². The van der Waals surface area contributed by atoms with Gasteiger partial charge in [-0.05, 0) is 31.5 Å². The molecule has 0 aromatic carbocycles. The number of hydrogen-bond acceptors (Lipinski definition) is 2. The van der Waals surface area contributed by atoms with Crippen molar-refractivity contribution in [2.75, 3.05) is 0 Å². The Balaban J connectivity index is 2.84. The second-order valence-corrected chi connectivity index (χ2v) is 2.96. The maximum atomic E-state index is 4.44. The molecule has 0 bridgehead atoms. The summed E-state index contributed by atoms with van der Waals surface area (Å²) in [6, 6.07) is 4.05. The van der Waals surface area contributed by atoms with Gasteiger partial charge in [-0.15, -0.1) is 0 Å². The number of pyridine rings is 2. The van der Waals surface area contributed by atoms with E-state index in [-0.39, 0.29) is 0 Å². The highest BCUT2D eigenvalue weighted by Gasteiger charge is 1.97. The Morgan fingerprint density at radius 3 is 2.92 bits per heavy atom. The molecule has 0 aliphatic carbocycles. The summed E-state index contributed by atoms with van der Waals surface area (Å²) in [4.78, 5) is 8.48. The fourth-order valence-corrected chi connectivity index (χ4v) is 1.22. The number of aryl methyl sites for hydroxylation is 2. The average molecular weight is 158 g/mol. The van der Waals surface area contributed by atoms with Gasteiger partial charge in [-0.25, -0.2) is 0 Å². The summed E-state index contributed by atoms with van der Waals surface area (Å²) in [5, 5.41) is 1.11. The predicted molar refractivity (Wildman–Crippen MR) is 49.0 cm³/mol. The Labute approximate surface area is 71.3 Å². The van der Waals surface area contributed by atoms with E-state index in [1.165, 1.54) is 5.56 Å². The molecule has 2 heterocycles. The normalized spacial score (nSPS) is 10.5. The second-order valence-electron chi connectivity index (χ2n) is 2.96. The van der Waals surface area contributed by atoms with Crippen LogP contribution in [0.2, 0.25) is 0 Å². The quantitative estimate of drug-likeness (QED) is 0.587. The van der Waals surface area contributed by atoms with Gasteiger partial charge in [0.1, 0.15) is 0 Å². The van der Waals surface area contributed by atoms with E-state index in [2.05, 4.69) is 23.0 Å². The topological polar surface area (TPSA) is 25.8 Å². The van der Waals surface area contributed by atoms with Gasteiger partial charge >= 0.3 is 0 Å². The Morgan fingerprint density at radius 1 is 1.25 bits per heavy atom. The van der Waals surface area contributed by atoms with Crippen LogP contribution < -0.4 is 0 Å². The molecule has 0 N–H and O–H groups in total. The summed E-state index contributed by atoms with van der Waals surface area (Å²) in [6.07, 6.45) is 3.61. The van der Waals surface area contributed by atoms with E-state index < -0.39 is 0 Å². The molecule has 2 aromatic heterocycles. The lowest BCUT2D eigenvalue weighted by atomic mass is 10.2. The van der Waals surface area contributed by atoms with Crippen molar-refractivity contribution in [2.24, 2.45) is 0 Å². The lowest BCUT2D eigenvalue weighted by Crippen LogP contribution is -1.88. The van der Waals surface area contributed by atoms with Crippen LogP contribution in [0.4, 0.5) is 0 Å². The van der Waals surface area contributed by atoms with Crippen molar-refractivity contribution >= 4 is 10.9 Å². The third kappa shape index (κ3) is 1.05. The first-order valence-corrected chi connectivity index (χ1v) is 3.95. The zero-order valence-corrected chi connectivity index (χ0v) is 7.20. The van der Waals surface area contributed by atoms with Gasteiger partial charge in [0.25, 0.3) is 0 Å². The van der Waals surface area contributed by atoms with Crippen molar-refractivity contribution in [2.45, 2.75) is 13.8 Å². The van der Waals surface area contributed by atoms with Gasteiger partial charge in [0.2, 0.25) is 0 Å². The molecule has 0 saturated carbocycles. The summed E-state index contributed by atoms with van der Waals surface area (Å²) < 4.78 is 0. The standard InChI is InChI=1S/C10H10N2/c1-7-5-9-6-11-4-3-10(9)12-8(7)2/h3-6H,1-2H3. The summed E-state index contributed by atoms with van der Waals surface area (Å²) in [5.74, 6) is 0. The van der Waals surface area contributed by atoms with Crippen LogP contribution in [0.25, 0.3) is 10.9 Å². The van der Waals surface area contributed by atoms with Gasteiger partial charge in [-0.3, -0.25) is 9.97 Å². The molecule has 60 valence electrons. The fourth-order valence-electron chi connectivity index (χ4n) is 1.22. The molecule has 0 atom stereocenters. The number of nitrogens with zero attached hydrogens (tertiary/aromatic N) is 2. The molecule has 0 fully saturated rings. The third-order valence-electron chi connectivity index (χ3n) is 2.06. The molecule has 0 saturated heterocycles. The highest BCUT2D eigenvalue weighted by atomic mass is 14.7.